The molecule has 1 atom stereocenters. The lowest BCUT2D eigenvalue weighted by atomic mass is 10.1. The van der Waals surface area contributed by atoms with E-state index in [9.17, 15) is 4.79 Å². The van der Waals surface area contributed by atoms with Crippen molar-refractivity contribution in [3.05, 3.63) is 65.7 Å². The van der Waals surface area contributed by atoms with Crippen molar-refractivity contribution in [3.63, 3.8) is 0 Å². The minimum absolute atomic E-state index is 0.223. The van der Waals surface area contributed by atoms with E-state index in [1.807, 2.05) is 73.6 Å². The second-order valence-corrected chi connectivity index (χ2v) is 5.62. The van der Waals surface area contributed by atoms with Gasteiger partial charge in [-0.3, -0.25) is 9.69 Å². The zero-order valence-electron chi connectivity index (χ0n) is 13.9. The Morgan fingerprint density at radius 3 is 2.22 bits per heavy atom. The van der Waals surface area contributed by atoms with E-state index in [1.165, 1.54) is 7.11 Å². The average Bonchev–Trinajstić information content (AvgIpc) is 2.59. The fraction of sp³-hybridized carbons (Fsp3) is 0.316. The summed E-state index contributed by atoms with van der Waals surface area (Å²) in [5.41, 5.74) is 2.20. The zero-order valence-corrected chi connectivity index (χ0v) is 13.9. The number of rotatable bonds is 7. The maximum absolute atomic E-state index is 11.8. The fourth-order valence-electron chi connectivity index (χ4n) is 2.30. The van der Waals surface area contributed by atoms with Gasteiger partial charge in [0.25, 0.3) is 0 Å². The molecule has 0 radical (unpaired) electrons. The highest BCUT2D eigenvalue weighted by Crippen LogP contribution is 2.16. The molecule has 0 amide bonds. The smallest absolute Gasteiger partial charge is 0.323 e. The van der Waals surface area contributed by atoms with Crippen molar-refractivity contribution in [2.45, 2.75) is 19.1 Å². The van der Waals surface area contributed by atoms with Gasteiger partial charge in [0.2, 0.25) is 0 Å². The van der Waals surface area contributed by atoms with E-state index in [0.717, 1.165) is 16.9 Å². The van der Waals surface area contributed by atoms with Gasteiger partial charge in [0.1, 0.15) is 18.4 Å². The highest BCUT2D eigenvalue weighted by Gasteiger charge is 2.21. The number of hydrogen-bond acceptors (Lipinski definition) is 4. The molecule has 0 aliphatic carbocycles. The summed E-state index contributed by atoms with van der Waals surface area (Å²) in [6.45, 7) is 0.544. The van der Waals surface area contributed by atoms with Gasteiger partial charge < -0.3 is 9.47 Å². The minimum Gasteiger partial charge on any atom is -0.489 e. The van der Waals surface area contributed by atoms with Gasteiger partial charge >= 0.3 is 5.97 Å². The summed E-state index contributed by atoms with van der Waals surface area (Å²) in [4.78, 5) is 13.7. The number of hydrogen-bond donors (Lipinski definition) is 0. The van der Waals surface area contributed by atoms with Gasteiger partial charge in [-0.25, -0.2) is 0 Å². The van der Waals surface area contributed by atoms with Gasteiger partial charge in [-0.05, 0) is 43.8 Å². The Balaban J connectivity index is 1.94. The first-order valence-corrected chi connectivity index (χ1v) is 7.60. The number of ether oxygens (including phenoxy) is 2. The highest BCUT2D eigenvalue weighted by atomic mass is 16.5. The van der Waals surface area contributed by atoms with Crippen LogP contribution in [-0.2, 0) is 22.6 Å². The Bertz CT molecular complexity index is 608. The molecule has 0 saturated carbocycles. The van der Waals surface area contributed by atoms with Crippen LogP contribution in [0.15, 0.2) is 54.6 Å². The quantitative estimate of drug-likeness (QED) is 0.737. The molecule has 0 unspecified atom stereocenters. The molecule has 0 aliphatic rings. The van der Waals surface area contributed by atoms with Crippen molar-refractivity contribution in [2.24, 2.45) is 0 Å². The number of benzene rings is 2. The van der Waals surface area contributed by atoms with Gasteiger partial charge in [0.05, 0.1) is 7.11 Å². The van der Waals surface area contributed by atoms with Crippen LogP contribution in [0.4, 0.5) is 0 Å². The lowest BCUT2D eigenvalue weighted by molar-refractivity contribution is -0.145. The van der Waals surface area contributed by atoms with Crippen molar-refractivity contribution in [1.82, 2.24) is 4.90 Å². The topological polar surface area (TPSA) is 38.8 Å². The van der Waals surface area contributed by atoms with Crippen molar-refractivity contribution < 1.29 is 14.3 Å². The minimum atomic E-state index is -0.281. The summed E-state index contributed by atoms with van der Waals surface area (Å²) < 4.78 is 10.6. The Morgan fingerprint density at radius 2 is 1.65 bits per heavy atom. The number of nitrogens with zero attached hydrogens (tertiary/aromatic N) is 1. The van der Waals surface area contributed by atoms with Crippen LogP contribution >= 0.6 is 0 Å². The van der Waals surface area contributed by atoms with Crippen molar-refractivity contribution in [1.29, 1.82) is 0 Å². The Morgan fingerprint density at radius 1 is 1.00 bits per heavy atom. The summed E-state index contributed by atoms with van der Waals surface area (Å²) in [5, 5.41) is 0. The fourth-order valence-corrected chi connectivity index (χ4v) is 2.30. The molecule has 4 nitrogen and oxygen atoms in total. The molecular formula is C19H23NO3. The Kier molecular flexibility index (Phi) is 6.18. The van der Waals surface area contributed by atoms with Crippen LogP contribution in [-0.4, -0.2) is 38.1 Å². The predicted molar refractivity (Wildman–Crippen MR) is 90.4 cm³/mol. The third-order valence-electron chi connectivity index (χ3n) is 3.70. The normalized spacial score (nSPS) is 12.0. The molecule has 0 fully saturated rings. The number of likely N-dealkylation sites (N-methyl/N-ethyl adjacent to an activating group) is 1. The molecule has 0 saturated heterocycles. The Hall–Kier alpha value is -2.33. The maximum Gasteiger partial charge on any atom is 0.323 e. The van der Waals surface area contributed by atoms with E-state index in [1.54, 1.807) is 0 Å². The molecular weight excluding hydrogens is 290 g/mol. The number of esters is 1. The summed E-state index contributed by atoms with van der Waals surface area (Å²) >= 11 is 0. The van der Waals surface area contributed by atoms with E-state index >= 15 is 0 Å². The molecule has 122 valence electrons. The van der Waals surface area contributed by atoms with Gasteiger partial charge in [0.15, 0.2) is 0 Å². The van der Waals surface area contributed by atoms with Crippen LogP contribution in [0.2, 0.25) is 0 Å². The summed E-state index contributed by atoms with van der Waals surface area (Å²) in [5.74, 6) is 0.594. The van der Waals surface area contributed by atoms with Gasteiger partial charge in [-0.1, -0.05) is 42.5 Å². The number of carbonyl (C=O) groups is 1. The van der Waals surface area contributed by atoms with Crippen LogP contribution in [0, 0.1) is 0 Å². The van der Waals surface area contributed by atoms with Crippen LogP contribution < -0.4 is 4.74 Å². The van der Waals surface area contributed by atoms with Crippen LogP contribution in [0.3, 0.4) is 0 Å². The molecule has 2 aromatic carbocycles. The summed E-state index contributed by atoms with van der Waals surface area (Å²) in [6.07, 6.45) is 0.610. The van der Waals surface area contributed by atoms with E-state index < -0.39 is 0 Å². The second kappa shape index (κ2) is 8.34. The maximum atomic E-state index is 11.8. The predicted octanol–water partition coefficient (Wildman–Crippen LogP) is 2.91. The van der Waals surface area contributed by atoms with E-state index in [0.29, 0.717) is 13.0 Å². The molecule has 2 rings (SSSR count). The van der Waals surface area contributed by atoms with Gasteiger partial charge in [-0.15, -0.1) is 0 Å². The molecule has 23 heavy (non-hydrogen) atoms. The molecule has 0 bridgehead atoms. The van der Waals surface area contributed by atoms with Crippen LogP contribution in [0.5, 0.6) is 5.75 Å². The monoisotopic (exact) mass is 313 g/mol. The lowest BCUT2D eigenvalue weighted by Crippen LogP contribution is -2.38. The van der Waals surface area contributed by atoms with E-state index in [2.05, 4.69) is 0 Å². The van der Waals surface area contributed by atoms with Gasteiger partial charge in [-0.2, -0.15) is 0 Å². The third kappa shape index (κ3) is 5.11. The highest BCUT2D eigenvalue weighted by molar-refractivity contribution is 5.76. The van der Waals surface area contributed by atoms with E-state index in [-0.39, 0.29) is 12.0 Å². The van der Waals surface area contributed by atoms with Crippen LogP contribution in [0.1, 0.15) is 11.1 Å². The molecule has 0 aliphatic heterocycles. The van der Waals surface area contributed by atoms with Crippen LogP contribution in [0.25, 0.3) is 0 Å². The molecule has 0 N–H and O–H groups in total. The first-order chi connectivity index (χ1) is 11.1. The first kappa shape index (κ1) is 17.0. The number of carbonyl (C=O) groups excluding carboxylic acids is 1. The lowest BCUT2D eigenvalue weighted by Gasteiger charge is -2.21. The van der Waals surface area contributed by atoms with Crippen molar-refractivity contribution >= 4 is 5.97 Å². The van der Waals surface area contributed by atoms with E-state index in [4.69, 9.17) is 9.47 Å². The molecule has 4 heteroatoms. The molecule has 0 heterocycles. The molecule has 0 aromatic heterocycles. The zero-order chi connectivity index (χ0) is 16.7. The van der Waals surface area contributed by atoms with Gasteiger partial charge in [0, 0.05) is 0 Å². The second-order valence-electron chi connectivity index (χ2n) is 5.62. The standard InChI is InChI=1S/C19H23NO3/c1-20(2)18(19(21)22-3)13-15-9-11-17(12-10-15)23-14-16-7-5-4-6-8-16/h4-12,18H,13-14H2,1-3H3/t18-/m1/s1. The van der Waals surface area contributed by atoms with Crippen molar-refractivity contribution in [2.75, 3.05) is 21.2 Å². The SMILES string of the molecule is COC(=O)[C@@H](Cc1ccc(OCc2ccccc2)cc1)N(C)C. The third-order valence-corrected chi connectivity index (χ3v) is 3.70. The first-order valence-electron chi connectivity index (χ1n) is 7.60. The summed E-state index contributed by atoms with van der Waals surface area (Å²) in [6, 6.07) is 17.6. The average molecular weight is 313 g/mol. The number of methoxy groups -OCH3 is 1. The molecule has 0 spiro atoms. The van der Waals surface area contributed by atoms with Crippen molar-refractivity contribution in [3.8, 4) is 5.75 Å². The summed E-state index contributed by atoms with van der Waals surface area (Å²) in [7, 11) is 5.16. The largest absolute Gasteiger partial charge is 0.489 e. The Labute approximate surface area is 137 Å². The molecule has 2 aromatic rings.